The molecule has 25 heavy (non-hydrogen) atoms. The molecular formula is C19H18N2O2S2. The van der Waals surface area contributed by atoms with Crippen molar-refractivity contribution in [3.05, 3.63) is 65.0 Å². The highest BCUT2D eigenvalue weighted by atomic mass is 32.1. The Morgan fingerprint density at radius 2 is 1.96 bits per heavy atom. The van der Waals surface area contributed by atoms with Crippen molar-refractivity contribution in [1.29, 1.82) is 0 Å². The average Bonchev–Trinajstić information content (AvgIpc) is 3.05. The van der Waals surface area contributed by atoms with Crippen molar-refractivity contribution < 1.29 is 9.53 Å². The van der Waals surface area contributed by atoms with Gasteiger partial charge in [-0.3, -0.25) is 0 Å². The van der Waals surface area contributed by atoms with Gasteiger partial charge in [-0.2, -0.15) is 0 Å². The summed E-state index contributed by atoms with van der Waals surface area (Å²) in [5.41, 5.74) is 2.16. The molecule has 0 amide bonds. The molecule has 1 aromatic heterocycles. The van der Waals surface area contributed by atoms with E-state index < -0.39 is 0 Å². The first-order chi connectivity index (χ1) is 12.2. The van der Waals surface area contributed by atoms with Gasteiger partial charge < -0.3 is 15.4 Å². The number of rotatable bonds is 5. The van der Waals surface area contributed by atoms with Crippen LogP contribution in [0, 0.1) is 0 Å². The van der Waals surface area contributed by atoms with E-state index in [9.17, 15) is 4.79 Å². The monoisotopic (exact) mass is 370 g/mol. The highest BCUT2D eigenvalue weighted by molar-refractivity contribution is 7.80. The standard InChI is InChI=1S/C19H18N2O2S2/c1-23-18(22)17-12-14-11-15(7-8-16(14)25-17)21-19(24)20-10-9-13-5-3-2-4-6-13/h2-8,11-12H,9-10H2,1H3,(H2,20,21,24). The van der Waals surface area contributed by atoms with E-state index in [1.807, 2.05) is 42.5 Å². The normalized spacial score (nSPS) is 10.4. The van der Waals surface area contributed by atoms with Gasteiger partial charge in [-0.1, -0.05) is 30.3 Å². The summed E-state index contributed by atoms with van der Waals surface area (Å²) >= 11 is 6.76. The number of fused-ring (bicyclic) bond motifs is 1. The lowest BCUT2D eigenvalue weighted by Crippen LogP contribution is -2.30. The predicted octanol–water partition coefficient (Wildman–Crippen LogP) is 4.22. The minimum Gasteiger partial charge on any atom is -0.465 e. The number of methoxy groups -OCH3 is 1. The molecule has 0 atom stereocenters. The lowest BCUT2D eigenvalue weighted by Gasteiger charge is -2.10. The lowest BCUT2D eigenvalue weighted by atomic mass is 10.1. The van der Waals surface area contributed by atoms with Crippen molar-refractivity contribution in [2.45, 2.75) is 6.42 Å². The summed E-state index contributed by atoms with van der Waals surface area (Å²) in [6.45, 7) is 0.767. The third kappa shape index (κ3) is 4.55. The van der Waals surface area contributed by atoms with Crippen molar-refractivity contribution >= 4 is 50.4 Å². The molecule has 0 spiro atoms. The van der Waals surface area contributed by atoms with Crippen LogP contribution in [0.3, 0.4) is 0 Å². The Morgan fingerprint density at radius 1 is 1.16 bits per heavy atom. The minimum atomic E-state index is -0.311. The molecule has 0 aliphatic carbocycles. The third-order valence-electron chi connectivity index (χ3n) is 3.70. The van der Waals surface area contributed by atoms with Crippen LogP contribution in [0.5, 0.6) is 0 Å². The van der Waals surface area contributed by atoms with Gasteiger partial charge in [0.2, 0.25) is 0 Å². The summed E-state index contributed by atoms with van der Waals surface area (Å²) in [6, 6.07) is 18.0. The van der Waals surface area contributed by atoms with E-state index in [1.165, 1.54) is 24.0 Å². The Morgan fingerprint density at radius 3 is 2.72 bits per heavy atom. The van der Waals surface area contributed by atoms with Gasteiger partial charge in [-0.15, -0.1) is 11.3 Å². The first-order valence-corrected chi connectivity index (χ1v) is 9.09. The number of carbonyl (C=O) groups is 1. The zero-order valence-corrected chi connectivity index (χ0v) is 15.4. The van der Waals surface area contributed by atoms with E-state index in [1.54, 1.807) is 0 Å². The summed E-state index contributed by atoms with van der Waals surface area (Å²) in [4.78, 5) is 12.2. The maximum absolute atomic E-state index is 11.6. The van der Waals surface area contributed by atoms with Gasteiger partial charge in [0.25, 0.3) is 0 Å². The van der Waals surface area contributed by atoms with Crippen LogP contribution in [0.1, 0.15) is 15.2 Å². The molecule has 0 unspecified atom stereocenters. The fourth-order valence-corrected chi connectivity index (χ4v) is 3.64. The second kappa shape index (κ2) is 8.09. The van der Waals surface area contributed by atoms with Crippen molar-refractivity contribution in [2.75, 3.05) is 19.0 Å². The summed E-state index contributed by atoms with van der Waals surface area (Å²) in [5.74, 6) is -0.311. The number of carbonyl (C=O) groups excluding carboxylic acids is 1. The van der Waals surface area contributed by atoms with Gasteiger partial charge in [0.1, 0.15) is 4.88 Å². The van der Waals surface area contributed by atoms with E-state index in [2.05, 4.69) is 22.8 Å². The van der Waals surface area contributed by atoms with Crippen molar-refractivity contribution in [3.63, 3.8) is 0 Å². The Bertz CT molecular complexity index is 891. The molecule has 4 nitrogen and oxygen atoms in total. The van der Waals surface area contributed by atoms with Gasteiger partial charge in [-0.25, -0.2) is 4.79 Å². The summed E-state index contributed by atoms with van der Waals surface area (Å²) < 4.78 is 5.80. The van der Waals surface area contributed by atoms with E-state index in [4.69, 9.17) is 17.0 Å². The lowest BCUT2D eigenvalue weighted by molar-refractivity contribution is 0.0606. The number of thiophene rings is 1. The molecule has 0 aliphatic rings. The fourth-order valence-electron chi connectivity index (χ4n) is 2.46. The van der Waals surface area contributed by atoms with Crippen LogP contribution in [0.25, 0.3) is 10.1 Å². The average molecular weight is 370 g/mol. The summed E-state index contributed by atoms with van der Waals surface area (Å²) in [5, 5.41) is 7.96. The van der Waals surface area contributed by atoms with E-state index >= 15 is 0 Å². The van der Waals surface area contributed by atoms with E-state index in [0.29, 0.717) is 9.99 Å². The summed E-state index contributed by atoms with van der Waals surface area (Å²) in [7, 11) is 1.39. The Kier molecular flexibility index (Phi) is 5.63. The molecule has 3 aromatic rings. The van der Waals surface area contributed by atoms with Crippen molar-refractivity contribution in [3.8, 4) is 0 Å². The largest absolute Gasteiger partial charge is 0.465 e. The molecule has 3 rings (SSSR count). The first-order valence-electron chi connectivity index (χ1n) is 7.86. The van der Waals surface area contributed by atoms with E-state index in [-0.39, 0.29) is 5.97 Å². The number of benzene rings is 2. The third-order valence-corrected chi connectivity index (χ3v) is 5.05. The molecular weight excluding hydrogens is 352 g/mol. The Labute approximate surface area is 155 Å². The smallest absolute Gasteiger partial charge is 0.348 e. The van der Waals surface area contributed by atoms with Gasteiger partial charge >= 0.3 is 5.97 Å². The maximum atomic E-state index is 11.6. The number of hydrogen-bond acceptors (Lipinski definition) is 4. The SMILES string of the molecule is COC(=O)c1cc2cc(NC(=S)NCCc3ccccc3)ccc2s1. The molecule has 0 fully saturated rings. The van der Waals surface area contributed by atoms with Gasteiger partial charge in [0, 0.05) is 16.9 Å². The second-order valence-corrected chi connectivity index (χ2v) is 6.96. The molecule has 1 heterocycles. The fraction of sp³-hybridized carbons (Fsp3) is 0.158. The first kappa shape index (κ1) is 17.4. The zero-order chi connectivity index (χ0) is 17.6. The predicted molar refractivity (Wildman–Crippen MR) is 108 cm³/mol. The molecule has 2 N–H and O–H groups in total. The molecule has 0 bridgehead atoms. The Hall–Kier alpha value is -2.44. The number of ether oxygens (including phenoxy) is 1. The van der Waals surface area contributed by atoms with Crippen molar-refractivity contribution in [2.24, 2.45) is 0 Å². The molecule has 0 radical (unpaired) electrons. The summed E-state index contributed by atoms with van der Waals surface area (Å²) in [6.07, 6.45) is 0.911. The molecule has 0 saturated carbocycles. The quantitative estimate of drug-likeness (QED) is 0.520. The van der Waals surface area contributed by atoms with Gasteiger partial charge in [0.05, 0.1) is 7.11 Å². The number of anilines is 1. The van der Waals surface area contributed by atoms with Gasteiger partial charge in [0.15, 0.2) is 5.11 Å². The highest BCUT2D eigenvalue weighted by Gasteiger charge is 2.10. The van der Waals surface area contributed by atoms with Crippen LogP contribution in [-0.2, 0) is 11.2 Å². The van der Waals surface area contributed by atoms with Crippen LogP contribution < -0.4 is 10.6 Å². The Balaban J connectivity index is 1.58. The van der Waals surface area contributed by atoms with Crippen LogP contribution in [0.2, 0.25) is 0 Å². The highest BCUT2D eigenvalue weighted by Crippen LogP contribution is 2.28. The van der Waals surface area contributed by atoms with Crippen LogP contribution in [0.15, 0.2) is 54.6 Å². The minimum absolute atomic E-state index is 0.311. The second-order valence-electron chi connectivity index (χ2n) is 5.47. The van der Waals surface area contributed by atoms with Crippen LogP contribution in [0.4, 0.5) is 5.69 Å². The van der Waals surface area contributed by atoms with Gasteiger partial charge in [-0.05, 0) is 53.9 Å². The maximum Gasteiger partial charge on any atom is 0.348 e. The molecule has 6 heteroatoms. The molecule has 128 valence electrons. The van der Waals surface area contributed by atoms with Crippen LogP contribution in [-0.4, -0.2) is 24.7 Å². The molecule has 0 saturated heterocycles. The number of esters is 1. The molecule has 2 aromatic carbocycles. The number of hydrogen-bond donors (Lipinski definition) is 2. The van der Waals surface area contributed by atoms with E-state index in [0.717, 1.165) is 28.7 Å². The van der Waals surface area contributed by atoms with Crippen LogP contribution >= 0.6 is 23.6 Å². The number of nitrogens with one attached hydrogen (secondary N) is 2. The molecule has 0 aliphatic heterocycles. The van der Waals surface area contributed by atoms with Crippen molar-refractivity contribution in [1.82, 2.24) is 5.32 Å². The number of thiocarbonyl (C=S) groups is 1. The topological polar surface area (TPSA) is 50.4 Å². The zero-order valence-electron chi connectivity index (χ0n) is 13.7.